The fourth-order valence-corrected chi connectivity index (χ4v) is 2.77. The summed E-state index contributed by atoms with van der Waals surface area (Å²) >= 11 is 0. The molecule has 5 nitrogen and oxygen atoms in total. The summed E-state index contributed by atoms with van der Waals surface area (Å²) in [6, 6.07) is 1.69. The Morgan fingerprint density at radius 1 is 1.59 bits per heavy atom. The molecule has 0 aliphatic rings. The van der Waals surface area contributed by atoms with Gasteiger partial charge in [-0.1, -0.05) is 6.08 Å². The standard InChI is InChI=1S/C11H19N3O2S/c1-5-6-14(4)17(15,16)11-7-10(8-12-2)13(3)9-11/h5,7,9,12H,1,6,8H2,2-4H3. The maximum Gasteiger partial charge on any atom is 0.244 e. The van der Waals surface area contributed by atoms with Crippen LogP contribution in [-0.2, 0) is 23.6 Å². The molecule has 1 N–H and O–H groups in total. The quantitative estimate of drug-likeness (QED) is 0.757. The predicted octanol–water partition coefficient (Wildman–Crippen LogP) is 0.551. The van der Waals surface area contributed by atoms with Crippen molar-refractivity contribution in [3.63, 3.8) is 0 Å². The minimum atomic E-state index is -3.41. The number of rotatable bonds is 6. The summed E-state index contributed by atoms with van der Waals surface area (Å²) in [6.45, 7) is 4.48. The third-order valence-corrected chi connectivity index (χ3v) is 4.32. The van der Waals surface area contributed by atoms with E-state index < -0.39 is 10.0 Å². The van der Waals surface area contributed by atoms with Crippen LogP contribution in [0.4, 0.5) is 0 Å². The van der Waals surface area contributed by atoms with Gasteiger partial charge in [0, 0.05) is 39.1 Å². The number of aromatic nitrogens is 1. The molecule has 6 heteroatoms. The minimum absolute atomic E-state index is 0.304. The Balaban J connectivity index is 3.07. The Bertz CT molecular complexity index is 491. The van der Waals surface area contributed by atoms with E-state index in [0.29, 0.717) is 18.0 Å². The molecule has 1 heterocycles. The summed E-state index contributed by atoms with van der Waals surface area (Å²) in [6.07, 6.45) is 3.19. The van der Waals surface area contributed by atoms with Crippen molar-refractivity contribution in [3.8, 4) is 0 Å². The molecule has 0 fully saturated rings. The molecule has 0 aliphatic carbocycles. The smallest absolute Gasteiger partial charge is 0.244 e. The van der Waals surface area contributed by atoms with Crippen molar-refractivity contribution in [1.29, 1.82) is 0 Å². The van der Waals surface area contributed by atoms with Crippen LogP contribution < -0.4 is 5.32 Å². The molecule has 0 radical (unpaired) electrons. The summed E-state index contributed by atoms with van der Waals surface area (Å²) in [5.74, 6) is 0. The van der Waals surface area contributed by atoms with Gasteiger partial charge < -0.3 is 9.88 Å². The molecule has 0 saturated heterocycles. The van der Waals surface area contributed by atoms with E-state index in [-0.39, 0.29) is 0 Å². The van der Waals surface area contributed by atoms with E-state index >= 15 is 0 Å². The second-order valence-corrected chi connectivity index (χ2v) is 5.93. The highest BCUT2D eigenvalue weighted by Gasteiger charge is 2.21. The molecule has 0 aromatic carbocycles. The molecule has 0 aliphatic heterocycles. The zero-order chi connectivity index (χ0) is 13.1. The van der Waals surface area contributed by atoms with Crippen LogP contribution in [0, 0.1) is 0 Å². The first-order valence-electron chi connectivity index (χ1n) is 5.30. The lowest BCUT2D eigenvalue weighted by Crippen LogP contribution is -2.26. The number of nitrogens with zero attached hydrogens (tertiary/aromatic N) is 2. The van der Waals surface area contributed by atoms with Crippen LogP contribution in [0.15, 0.2) is 29.8 Å². The Kier molecular flexibility index (Phi) is 4.50. The Hall–Kier alpha value is -1.11. The van der Waals surface area contributed by atoms with E-state index in [1.54, 1.807) is 25.4 Å². The molecule has 0 unspecified atom stereocenters. The lowest BCUT2D eigenvalue weighted by atomic mass is 10.4. The van der Waals surface area contributed by atoms with Crippen LogP contribution >= 0.6 is 0 Å². The van der Waals surface area contributed by atoms with E-state index in [0.717, 1.165) is 5.69 Å². The van der Waals surface area contributed by atoms with Crippen LogP contribution in [-0.4, -0.2) is 37.9 Å². The largest absolute Gasteiger partial charge is 0.352 e. The number of nitrogens with one attached hydrogen (secondary N) is 1. The van der Waals surface area contributed by atoms with Gasteiger partial charge in [0.15, 0.2) is 0 Å². The molecule has 0 amide bonds. The van der Waals surface area contributed by atoms with Crippen molar-refractivity contribution >= 4 is 10.0 Å². The van der Waals surface area contributed by atoms with Gasteiger partial charge in [0.2, 0.25) is 10.0 Å². The molecular weight excluding hydrogens is 238 g/mol. The number of hydrogen-bond donors (Lipinski definition) is 1. The summed E-state index contributed by atoms with van der Waals surface area (Å²) in [4.78, 5) is 0.314. The van der Waals surface area contributed by atoms with Gasteiger partial charge in [-0.3, -0.25) is 0 Å². The number of sulfonamides is 1. The van der Waals surface area contributed by atoms with Crippen molar-refractivity contribution in [3.05, 3.63) is 30.6 Å². The molecule has 1 rings (SSSR count). The third kappa shape index (κ3) is 2.96. The molecule has 0 spiro atoms. The second-order valence-electron chi connectivity index (χ2n) is 3.88. The summed E-state index contributed by atoms with van der Waals surface area (Å²) in [7, 11) is 1.79. The zero-order valence-electron chi connectivity index (χ0n) is 10.5. The van der Waals surface area contributed by atoms with Crippen molar-refractivity contribution in [2.75, 3.05) is 20.6 Å². The van der Waals surface area contributed by atoms with Gasteiger partial charge in [-0.15, -0.1) is 6.58 Å². The molecule has 1 aromatic heterocycles. The maximum absolute atomic E-state index is 12.1. The molecule has 96 valence electrons. The zero-order valence-corrected chi connectivity index (χ0v) is 11.3. The van der Waals surface area contributed by atoms with Gasteiger partial charge in [0.05, 0.1) is 0 Å². The molecule has 0 atom stereocenters. The van der Waals surface area contributed by atoms with E-state index in [9.17, 15) is 8.42 Å². The predicted molar refractivity (Wildman–Crippen MR) is 68.2 cm³/mol. The molecule has 1 aromatic rings. The van der Waals surface area contributed by atoms with Crippen LogP contribution in [0.3, 0.4) is 0 Å². The average Bonchev–Trinajstić information content (AvgIpc) is 2.62. The third-order valence-electron chi connectivity index (χ3n) is 2.54. The molecule has 17 heavy (non-hydrogen) atoms. The van der Waals surface area contributed by atoms with Gasteiger partial charge in [-0.25, -0.2) is 8.42 Å². The van der Waals surface area contributed by atoms with Crippen LogP contribution in [0.1, 0.15) is 5.69 Å². The SMILES string of the molecule is C=CCN(C)S(=O)(=O)c1cc(CNC)n(C)c1. The lowest BCUT2D eigenvalue weighted by molar-refractivity contribution is 0.499. The minimum Gasteiger partial charge on any atom is -0.352 e. The van der Waals surface area contributed by atoms with Crippen molar-refractivity contribution < 1.29 is 8.42 Å². The van der Waals surface area contributed by atoms with Gasteiger partial charge >= 0.3 is 0 Å². The highest BCUT2D eigenvalue weighted by atomic mass is 32.2. The maximum atomic E-state index is 12.1. The average molecular weight is 257 g/mol. The van der Waals surface area contributed by atoms with E-state index in [4.69, 9.17) is 0 Å². The van der Waals surface area contributed by atoms with Gasteiger partial charge in [-0.2, -0.15) is 4.31 Å². The van der Waals surface area contributed by atoms with Crippen molar-refractivity contribution in [2.45, 2.75) is 11.4 Å². The lowest BCUT2D eigenvalue weighted by Gasteiger charge is -2.13. The van der Waals surface area contributed by atoms with Crippen LogP contribution in [0.2, 0.25) is 0 Å². The van der Waals surface area contributed by atoms with E-state index in [1.807, 2.05) is 18.7 Å². The fourth-order valence-electron chi connectivity index (χ4n) is 1.53. The summed E-state index contributed by atoms with van der Waals surface area (Å²) < 4.78 is 27.4. The molecule has 0 bridgehead atoms. The first-order valence-corrected chi connectivity index (χ1v) is 6.74. The van der Waals surface area contributed by atoms with E-state index in [1.165, 1.54) is 4.31 Å². The fraction of sp³-hybridized carbons (Fsp3) is 0.455. The summed E-state index contributed by atoms with van der Waals surface area (Å²) in [5, 5.41) is 3.00. The first-order chi connectivity index (χ1) is 7.93. The molecular formula is C11H19N3O2S. The Morgan fingerprint density at radius 3 is 2.76 bits per heavy atom. The monoisotopic (exact) mass is 257 g/mol. The van der Waals surface area contributed by atoms with Crippen molar-refractivity contribution in [2.24, 2.45) is 7.05 Å². The summed E-state index contributed by atoms with van der Waals surface area (Å²) in [5.41, 5.74) is 0.929. The van der Waals surface area contributed by atoms with Crippen molar-refractivity contribution in [1.82, 2.24) is 14.2 Å². The Morgan fingerprint density at radius 2 is 2.24 bits per heavy atom. The number of aryl methyl sites for hydroxylation is 1. The highest BCUT2D eigenvalue weighted by Crippen LogP contribution is 2.17. The van der Waals surface area contributed by atoms with Crippen LogP contribution in [0.25, 0.3) is 0 Å². The first kappa shape index (κ1) is 14.0. The van der Waals surface area contributed by atoms with Gasteiger partial charge in [-0.05, 0) is 13.1 Å². The number of likely N-dealkylation sites (N-methyl/N-ethyl adjacent to an activating group) is 1. The Labute approximate surface area is 103 Å². The molecule has 0 saturated carbocycles. The van der Waals surface area contributed by atoms with Gasteiger partial charge in [0.25, 0.3) is 0 Å². The normalized spacial score (nSPS) is 12.0. The van der Waals surface area contributed by atoms with E-state index in [2.05, 4.69) is 11.9 Å². The van der Waals surface area contributed by atoms with Crippen LogP contribution in [0.5, 0.6) is 0 Å². The van der Waals surface area contributed by atoms with Gasteiger partial charge in [0.1, 0.15) is 4.90 Å². The highest BCUT2D eigenvalue weighted by molar-refractivity contribution is 7.89. The second kappa shape index (κ2) is 5.48. The topological polar surface area (TPSA) is 54.3 Å². The number of hydrogen-bond acceptors (Lipinski definition) is 3.